The van der Waals surface area contributed by atoms with Crippen molar-refractivity contribution in [3.63, 3.8) is 0 Å². The lowest BCUT2D eigenvalue weighted by atomic mass is 10.2. The highest BCUT2D eigenvalue weighted by Crippen LogP contribution is 2.28. The molecule has 0 radical (unpaired) electrons. The summed E-state index contributed by atoms with van der Waals surface area (Å²) in [5, 5.41) is 0. The van der Waals surface area contributed by atoms with Gasteiger partial charge in [-0.15, -0.1) is 0 Å². The lowest BCUT2D eigenvalue weighted by Crippen LogP contribution is -2.07. The van der Waals surface area contributed by atoms with Crippen molar-refractivity contribution >= 4 is 5.69 Å². The maximum Gasteiger partial charge on any atom is 0.263 e. The van der Waals surface area contributed by atoms with E-state index in [2.05, 4.69) is 0 Å². The van der Waals surface area contributed by atoms with Gasteiger partial charge < -0.3 is 10.5 Å². The van der Waals surface area contributed by atoms with Crippen molar-refractivity contribution in [1.29, 1.82) is 0 Å². The molecule has 0 heterocycles. The minimum atomic E-state index is -2.50. The molecule has 0 saturated carbocycles. The van der Waals surface area contributed by atoms with Gasteiger partial charge in [-0.2, -0.15) is 0 Å². The topological polar surface area (TPSA) is 35.2 Å². The average molecular weight is 201 g/mol. The van der Waals surface area contributed by atoms with Gasteiger partial charge in [0.25, 0.3) is 6.43 Å². The third-order valence-corrected chi connectivity index (χ3v) is 1.65. The van der Waals surface area contributed by atoms with E-state index < -0.39 is 6.43 Å². The molecule has 0 bridgehead atoms. The second-order valence-corrected chi connectivity index (χ2v) is 3.26. The maximum absolute atomic E-state index is 12.2. The smallest absolute Gasteiger partial charge is 0.263 e. The van der Waals surface area contributed by atoms with Crippen molar-refractivity contribution in [3.8, 4) is 5.75 Å². The molecule has 0 aromatic heterocycles. The van der Waals surface area contributed by atoms with Crippen molar-refractivity contribution < 1.29 is 13.5 Å². The van der Waals surface area contributed by atoms with Gasteiger partial charge in [0.1, 0.15) is 5.75 Å². The molecule has 0 fully saturated rings. The van der Waals surface area contributed by atoms with Gasteiger partial charge in [-0.1, -0.05) is 0 Å². The number of ether oxygens (including phenoxy) is 1. The number of rotatable bonds is 3. The van der Waals surface area contributed by atoms with Crippen LogP contribution in [0.5, 0.6) is 5.75 Å². The monoisotopic (exact) mass is 201 g/mol. The Morgan fingerprint density at radius 1 is 1.29 bits per heavy atom. The summed E-state index contributed by atoms with van der Waals surface area (Å²) in [6.07, 6.45) is -2.51. The highest BCUT2D eigenvalue weighted by atomic mass is 19.3. The molecular formula is C10H13F2NO. The van der Waals surface area contributed by atoms with Crippen LogP contribution in [0.2, 0.25) is 0 Å². The Kier molecular flexibility index (Phi) is 3.28. The summed E-state index contributed by atoms with van der Waals surface area (Å²) in [6, 6.07) is 4.03. The van der Waals surface area contributed by atoms with Gasteiger partial charge in [0, 0.05) is 5.56 Å². The number of nitrogen functional groups attached to an aromatic ring is 1. The minimum Gasteiger partial charge on any atom is -0.489 e. The standard InChI is InChI=1S/C10H13F2NO/c1-6(2)14-9-4-3-7(10(11)12)5-8(9)13/h3-6,10H,13H2,1-2H3. The van der Waals surface area contributed by atoms with E-state index in [0.717, 1.165) is 0 Å². The van der Waals surface area contributed by atoms with Crippen molar-refractivity contribution in [2.75, 3.05) is 5.73 Å². The van der Waals surface area contributed by atoms with Crippen LogP contribution in [-0.4, -0.2) is 6.10 Å². The van der Waals surface area contributed by atoms with Crippen LogP contribution in [-0.2, 0) is 0 Å². The molecule has 1 aromatic rings. The molecule has 4 heteroatoms. The van der Waals surface area contributed by atoms with Gasteiger partial charge in [-0.3, -0.25) is 0 Å². The predicted molar refractivity (Wildman–Crippen MR) is 51.6 cm³/mol. The number of benzene rings is 1. The van der Waals surface area contributed by atoms with Gasteiger partial charge in [0.15, 0.2) is 0 Å². The van der Waals surface area contributed by atoms with Crippen LogP contribution in [0.3, 0.4) is 0 Å². The fourth-order valence-electron chi connectivity index (χ4n) is 1.06. The normalized spacial score (nSPS) is 11.0. The zero-order chi connectivity index (χ0) is 10.7. The van der Waals surface area contributed by atoms with Crippen LogP contribution in [0, 0.1) is 0 Å². The summed E-state index contributed by atoms with van der Waals surface area (Å²) >= 11 is 0. The Labute approximate surface area is 81.7 Å². The van der Waals surface area contributed by atoms with Crippen molar-refractivity contribution in [3.05, 3.63) is 23.8 Å². The second-order valence-electron chi connectivity index (χ2n) is 3.26. The van der Waals surface area contributed by atoms with E-state index >= 15 is 0 Å². The van der Waals surface area contributed by atoms with E-state index in [0.29, 0.717) is 5.75 Å². The summed E-state index contributed by atoms with van der Waals surface area (Å²) in [5.41, 5.74) is 5.71. The molecule has 0 aliphatic heterocycles. The zero-order valence-corrected chi connectivity index (χ0v) is 8.13. The first-order valence-electron chi connectivity index (χ1n) is 4.35. The molecule has 0 spiro atoms. The summed E-state index contributed by atoms with van der Waals surface area (Å²) in [7, 11) is 0. The Morgan fingerprint density at radius 3 is 2.36 bits per heavy atom. The second kappa shape index (κ2) is 4.26. The molecule has 0 amide bonds. The SMILES string of the molecule is CC(C)Oc1ccc(C(F)F)cc1N. The Bertz CT molecular complexity index is 313. The molecule has 2 N–H and O–H groups in total. The predicted octanol–water partition coefficient (Wildman–Crippen LogP) is 2.99. The Hall–Kier alpha value is -1.32. The number of alkyl halides is 2. The number of anilines is 1. The fraction of sp³-hybridized carbons (Fsp3) is 0.400. The van der Waals surface area contributed by atoms with Crippen molar-refractivity contribution in [2.24, 2.45) is 0 Å². The van der Waals surface area contributed by atoms with Crippen molar-refractivity contribution in [2.45, 2.75) is 26.4 Å². The van der Waals surface area contributed by atoms with Crippen LogP contribution >= 0.6 is 0 Å². The summed E-state index contributed by atoms with van der Waals surface area (Å²) in [5.74, 6) is 0.449. The molecule has 0 atom stereocenters. The lowest BCUT2D eigenvalue weighted by molar-refractivity contribution is 0.151. The fourth-order valence-corrected chi connectivity index (χ4v) is 1.06. The average Bonchev–Trinajstić information content (AvgIpc) is 2.07. The molecule has 1 rings (SSSR count). The number of hydrogen-bond donors (Lipinski definition) is 1. The lowest BCUT2D eigenvalue weighted by Gasteiger charge is -2.12. The van der Waals surface area contributed by atoms with Crippen LogP contribution in [0.25, 0.3) is 0 Å². The van der Waals surface area contributed by atoms with Crippen LogP contribution in [0.1, 0.15) is 25.8 Å². The first-order valence-corrected chi connectivity index (χ1v) is 4.35. The molecule has 1 aromatic carbocycles. The number of hydrogen-bond acceptors (Lipinski definition) is 2. The molecule has 0 aliphatic rings. The Morgan fingerprint density at radius 2 is 1.93 bits per heavy atom. The summed E-state index contributed by atoms with van der Waals surface area (Å²) < 4.78 is 29.8. The third-order valence-electron chi connectivity index (χ3n) is 1.65. The molecule has 2 nitrogen and oxygen atoms in total. The molecule has 78 valence electrons. The summed E-state index contributed by atoms with van der Waals surface area (Å²) in [4.78, 5) is 0. The number of halogens is 2. The zero-order valence-electron chi connectivity index (χ0n) is 8.13. The summed E-state index contributed by atoms with van der Waals surface area (Å²) in [6.45, 7) is 3.70. The highest BCUT2D eigenvalue weighted by molar-refractivity contribution is 5.54. The number of nitrogens with two attached hydrogens (primary N) is 1. The molecular weight excluding hydrogens is 188 g/mol. The van der Waals surface area contributed by atoms with Gasteiger partial charge in [0.05, 0.1) is 11.8 Å². The molecule has 0 aliphatic carbocycles. The molecule has 0 saturated heterocycles. The largest absolute Gasteiger partial charge is 0.489 e. The third kappa shape index (κ3) is 2.58. The van der Waals surface area contributed by atoms with E-state index in [1.165, 1.54) is 18.2 Å². The van der Waals surface area contributed by atoms with Crippen molar-refractivity contribution in [1.82, 2.24) is 0 Å². The first-order chi connectivity index (χ1) is 6.50. The van der Waals surface area contributed by atoms with E-state index in [1.807, 2.05) is 13.8 Å². The molecule has 14 heavy (non-hydrogen) atoms. The van der Waals surface area contributed by atoms with E-state index in [-0.39, 0.29) is 17.4 Å². The molecule has 0 unspecified atom stereocenters. The highest BCUT2D eigenvalue weighted by Gasteiger charge is 2.10. The Balaban J connectivity index is 2.90. The van der Waals surface area contributed by atoms with Crippen LogP contribution in [0.15, 0.2) is 18.2 Å². The van der Waals surface area contributed by atoms with Gasteiger partial charge in [-0.05, 0) is 32.0 Å². The van der Waals surface area contributed by atoms with E-state index in [1.54, 1.807) is 0 Å². The minimum absolute atomic E-state index is 0.0188. The van der Waals surface area contributed by atoms with Gasteiger partial charge >= 0.3 is 0 Å². The quantitative estimate of drug-likeness (QED) is 0.763. The van der Waals surface area contributed by atoms with Crippen LogP contribution < -0.4 is 10.5 Å². The van der Waals surface area contributed by atoms with Gasteiger partial charge in [-0.25, -0.2) is 8.78 Å². The maximum atomic E-state index is 12.2. The van der Waals surface area contributed by atoms with E-state index in [9.17, 15) is 8.78 Å². The van der Waals surface area contributed by atoms with Gasteiger partial charge in [0.2, 0.25) is 0 Å². The first kappa shape index (κ1) is 10.8. The van der Waals surface area contributed by atoms with Crippen LogP contribution in [0.4, 0.5) is 14.5 Å². The van der Waals surface area contributed by atoms with E-state index in [4.69, 9.17) is 10.5 Å².